The van der Waals surface area contributed by atoms with Gasteiger partial charge in [0.05, 0.1) is 32.6 Å². The van der Waals surface area contributed by atoms with Crippen molar-refractivity contribution in [2.75, 3.05) is 74.4 Å². The number of ether oxygens (including phenoxy) is 3. The first-order chi connectivity index (χ1) is 15.7. The maximum atomic E-state index is 10.7. The number of aromatic nitrogens is 3. The number of rotatable bonds is 8. The van der Waals surface area contributed by atoms with E-state index in [4.69, 9.17) is 19.3 Å². The van der Waals surface area contributed by atoms with E-state index in [9.17, 15) is 4.79 Å². The minimum absolute atomic E-state index is 0.331. The van der Waals surface area contributed by atoms with Crippen LogP contribution in [0.3, 0.4) is 0 Å². The van der Waals surface area contributed by atoms with Crippen molar-refractivity contribution in [3.8, 4) is 5.75 Å². The van der Waals surface area contributed by atoms with Crippen LogP contribution in [-0.2, 0) is 14.3 Å². The second-order valence-corrected chi connectivity index (χ2v) is 7.08. The Morgan fingerprint density at radius 3 is 2.28 bits per heavy atom. The first-order valence-corrected chi connectivity index (χ1v) is 10.3. The molecule has 170 valence electrons. The normalized spacial score (nSPS) is 16.9. The number of carboxylic acids is 1. The van der Waals surface area contributed by atoms with Crippen LogP contribution >= 0.6 is 0 Å². The molecular weight excluding hydrogens is 418 g/mol. The van der Waals surface area contributed by atoms with Gasteiger partial charge < -0.3 is 29.1 Å². The Hall–Kier alpha value is -3.51. The number of hydrazone groups is 1. The second kappa shape index (κ2) is 10.7. The number of carbonyl (C=O) groups is 1. The Morgan fingerprint density at radius 1 is 1.06 bits per heavy atom. The molecule has 1 aromatic carbocycles. The number of nitrogens with zero attached hydrogens (tertiary/aromatic N) is 6. The van der Waals surface area contributed by atoms with Gasteiger partial charge in [-0.25, -0.2) is 10.2 Å². The molecule has 2 aliphatic rings. The lowest BCUT2D eigenvalue weighted by molar-refractivity contribution is -0.139. The van der Waals surface area contributed by atoms with Gasteiger partial charge in [-0.15, -0.1) is 0 Å². The van der Waals surface area contributed by atoms with Crippen LogP contribution in [0.2, 0.25) is 0 Å². The van der Waals surface area contributed by atoms with Crippen molar-refractivity contribution < 1.29 is 24.1 Å². The standard InChI is InChI=1S/C20H25N7O5/c28-17(29)14-32-16-3-1-2-15(12-16)13-21-25-18-22-19(26-4-8-30-9-5-26)24-20(23-18)27-6-10-31-11-7-27/h1-3,12-13H,4-11,14H2,(H,28,29)(H,22,23,24,25)/b21-13+. The van der Waals surface area contributed by atoms with Crippen LogP contribution in [0.4, 0.5) is 17.8 Å². The van der Waals surface area contributed by atoms with E-state index in [1.54, 1.807) is 24.4 Å². The highest BCUT2D eigenvalue weighted by Crippen LogP contribution is 2.19. The maximum Gasteiger partial charge on any atom is 0.341 e. The van der Waals surface area contributed by atoms with E-state index in [2.05, 4.69) is 35.3 Å². The Balaban J connectivity index is 1.49. The molecule has 0 unspecified atom stereocenters. The monoisotopic (exact) mass is 443 g/mol. The van der Waals surface area contributed by atoms with Gasteiger partial charge in [0.15, 0.2) is 6.61 Å². The summed E-state index contributed by atoms with van der Waals surface area (Å²) in [4.78, 5) is 28.5. The average molecular weight is 443 g/mol. The molecule has 0 saturated carbocycles. The fourth-order valence-electron chi connectivity index (χ4n) is 3.21. The van der Waals surface area contributed by atoms with Gasteiger partial charge in [0.1, 0.15) is 5.75 Å². The molecule has 0 amide bonds. The molecule has 12 nitrogen and oxygen atoms in total. The Labute approximate surface area is 184 Å². The molecule has 2 aliphatic heterocycles. The Kier molecular flexibility index (Phi) is 7.25. The number of nitrogens with one attached hydrogen (secondary N) is 1. The fourth-order valence-corrected chi connectivity index (χ4v) is 3.21. The van der Waals surface area contributed by atoms with Gasteiger partial charge in [0, 0.05) is 26.2 Å². The number of benzene rings is 1. The summed E-state index contributed by atoms with van der Waals surface area (Å²) >= 11 is 0. The number of morpholine rings is 2. The van der Waals surface area contributed by atoms with E-state index in [0.717, 1.165) is 5.56 Å². The molecule has 0 radical (unpaired) electrons. The molecule has 12 heteroatoms. The third-order valence-electron chi connectivity index (χ3n) is 4.80. The lowest BCUT2D eigenvalue weighted by Crippen LogP contribution is -2.40. The van der Waals surface area contributed by atoms with Gasteiger partial charge in [-0.05, 0) is 17.7 Å². The molecule has 4 rings (SSSR count). The summed E-state index contributed by atoms with van der Waals surface area (Å²) in [6, 6.07) is 6.96. The predicted molar refractivity (Wildman–Crippen MR) is 117 cm³/mol. The summed E-state index contributed by atoms with van der Waals surface area (Å²) in [5.74, 6) is 0.893. The van der Waals surface area contributed by atoms with E-state index in [1.165, 1.54) is 0 Å². The molecule has 32 heavy (non-hydrogen) atoms. The van der Waals surface area contributed by atoms with Crippen molar-refractivity contribution in [1.82, 2.24) is 15.0 Å². The largest absolute Gasteiger partial charge is 0.482 e. The van der Waals surface area contributed by atoms with Crippen LogP contribution in [0.1, 0.15) is 5.56 Å². The van der Waals surface area contributed by atoms with E-state index < -0.39 is 12.6 Å². The summed E-state index contributed by atoms with van der Waals surface area (Å²) in [5, 5.41) is 13.0. The van der Waals surface area contributed by atoms with E-state index >= 15 is 0 Å². The molecule has 0 aliphatic carbocycles. The molecule has 0 spiro atoms. The summed E-state index contributed by atoms with van der Waals surface area (Å²) in [5.41, 5.74) is 3.61. The van der Waals surface area contributed by atoms with Crippen LogP contribution in [-0.4, -0.2) is 91.5 Å². The van der Waals surface area contributed by atoms with Crippen molar-refractivity contribution in [3.63, 3.8) is 0 Å². The Bertz CT molecular complexity index is 909. The lowest BCUT2D eigenvalue weighted by atomic mass is 10.2. The molecule has 0 atom stereocenters. The first kappa shape index (κ1) is 21.7. The third-order valence-corrected chi connectivity index (χ3v) is 4.80. The topological polar surface area (TPSA) is 135 Å². The SMILES string of the molecule is O=C(O)COc1cccc(/C=N/Nc2nc(N3CCOCC3)nc(N3CCOCC3)n2)c1. The molecule has 0 bridgehead atoms. The molecule has 2 fully saturated rings. The number of carboxylic acid groups (broad SMARTS) is 1. The quantitative estimate of drug-likeness (QED) is 0.435. The number of hydrogen-bond acceptors (Lipinski definition) is 11. The minimum atomic E-state index is -1.03. The summed E-state index contributed by atoms with van der Waals surface area (Å²) in [7, 11) is 0. The molecule has 1 aromatic heterocycles. The smallest absolute Gasteiger partial charge is 0.341 e. The second-order valence-electron chi connectivity index (χ2n) is 7.08. The van der Waals surface area contributed by atoms with Gasteiger partial charge >= 0.3 is 5.97 Å². The van der Waals surface area contributed by atoms with Gasteiger partial charge in [-0.1, -0.05) is 12.1 Å². The average Bonchev–Trinajstić information content (AvgIpc) is 2.84. The maximum absolute atomic E-state index is 10.7. The molecular formula is C20H25N7O5. The number of anilines is 3. The van der Waals surface area contributed by atoms with E-state index in [-0.39, 0.29) is 0 Å². The summed E-state index contributed by atoms with van der Waals surface area (Å²) < 4.78 is 16.1. The summed E-state index contributed by atoms with van der Waals surface area (Å²) in [6.45, 7) is 4.92. The highest BCUT2D eigenvalue weighted by molar-refractivity contribution is 5.80. The number of aliphatic carboxylic acids is 1. The van der Waals surface area contributed by atoms with Crippen LogP contribution in [0.5, 0.6) is 5.75 Å². The van der Waals surface area contributed by atoms with E-state index in [0.29, 0.717) is 76.2 Å². The zero-order chi connectivity index (χ0) is 22.2. The van der Waals surface area contributed by atoms with Gasteiger partial charge in [0.25, 0.3) is 0 Å². The summed E-state index contributed by atoms with van der Waals surface area (Å²) in [6.07, 6.45) is 1.58. The zero-order valence-corrected chi connectivity index (χ0v) is 17.5. The third kappa shape index (κ3) is 6.02. The van der Waals surface area contributed by atoms with Gasteiger partial charge in [0.2, 0.25) is 17.8 Å². The molecule has 3 heterocycles. The van der Waals surface area contributed by atoms with Crippen molar-refractivity contribution in [3.05, 3.63) is 29.8 Å². The van der Waals surface area contributed by atoms with Crippen molar-refractivity contribution in [2.24, 2.45) is 5.10 Å². The lowest BCUT2D eigenvalue weighted by Gasteiger charge is -2.30. The van der Waals surface area contributed by atoms with Crippen LogP contribution in [0.25, 0.3) is 0 Å². The minimum Gasteiger partial charge on any atom is -0.482 e. The predicted octanol–water partition coefficient (Wildman–Crippen LogP) is 0.454. The highest BCUT2D eigenvalue weighted by Gasteiger charge is 2.20. The zero-order valence-electron chi connectivity index (χ0n) is 17.5. The van der Waals surface area contributed by atoms with Crippen molar-refractivity contribution in [2.45, 2.75) is 0 Å². The highest BCUT2D eigenvalue weighted by atomic mass is 16.5. The van der Waals surface area contributed by atoms with Crippen molar-refractivity contribution in [1.29, 1.82) is 0 Å². The van der Waals surface area contributed by atoms with E-state index in [1.807, 2.05) is 6.07 Å². The molecule has 2 aromatic rings. The van der Waals surface area contributed by atoms with Crippen LogP contribution in [0, 0.1) is 0 Å². The first-order valence-electron chi connectivity index (χ1n) is 10.3. The number of hydrogen-bond donors (Lipinski definition) is 2. The van der Waals surface area contributed by atoms with Gasteiger partial charge in [-0.2, -0.15) is 20.1 Å². The molecule has 2 saturated heterocycles. The molecule has 2 N–H and O–H groups in total. The van der Waals surface area contributed by atoms with Crippen LogP contribution < -0.4 is 20.0 Å². The van der Waals surface area contributed by atoms with Crippen LogP contribution in [0.15, 0.2) is 29.4 Å². The Morgan fingerprint density at radius 2 is 1.69 bits per heavy atom. The van der Waals surface area contributed by atoms with Gasteiger partial charge in [-0.3, -0.25) is 0 Å². The fraction of sp³-hybridized carbons (Fsp3) is 0.450. The van der Waals surface area contributed by atoms with Crippen molar-refractivity contribution >= 4 is 30.0 Å².